The molecule has 1 aromatic carbocycles. The molecular weight excluding hydrogens is 186 g/mol. The summed E-state index contributed by atoms with van der Waals surface area (Å²) in [5.74, 6) is -0.102. The van der Waals surface area contributed by atoms with Gasteiger partial charge in [0.1, 0.15) is 0 Å². The molecule has 3 nitrogen and oxygen atoms in total. The number of sulfone groups is 1. The molecule has 2 N–H and O–H groups in total. The van der Waals surface area contributed by atoms with E-state index in [9.17, 15) is 8.42 Å². The highest BCUT2D eigenvalue weighted by Crippen LogP contribution is 2.17. The molecule has 0 bridgehead atoms. The fourth-order valence-electron chi connectivity index (χ4n) is 0.950. The molecule has 0 fully saturated rings. The van der Waals surface area contributed by atoms with Crippen LogP contribution in [0.25, 0.3) is 0 Å². The van der Waals surface area contributed by atoms with E-state index < -0.39 is 9.84 Å². The van der Waals surface area contributed by atoms with E-state index in [1.165, 1.54) is 12.1 Å². The van der Waals surface area contributed by atoms with Crippen molar-refractivity contribution in [3.05, 3.63) is 36.9 Å². The Morgan fingerprint density at radius 3 is 2.85 bits per heavy atom. The fourth-order valence-corrected chi connectivity index (χ4v) is 2.12. The van der Waals surface area contributed by atoms with E-state index in [-0.39, 0.29) is 16.3 Å². The summed E-state index contributed by atoms with van der Waals surface area (Å²) in [5.41, 5.74) is 5.62. The van der Waals surface area contributed by atoms with Crippen molar-refractivity contribution in [2.45, 2.75) is 4.90 Å². The van der Waals surface area contributed by atoms with Gasteiger partial charge >= 0.3 is 0 Å². The molecule has 0 aromatic heterocycles. The van der Waals surface area contributed by atoms with Crippen LogP contribution in [0, 0.1) is 6.07 Å². The van der Waals surface area contributed by atoms with Crippen LogP contribution in [0.15, 0.2) is 35.7 Å². The molecule has 4 heteroatoms. The van der Waals surface area contributed by atoms with Gasteiger partial charge in [0.05, 0.1) is 16.3 Å². The van der Waals surface area contributed by atoms with Crippen LogP contribution in [0.2, 0.25) is 0 Å². The van der Waals surface area contributed by atoms with E-state index in [0.29, 0.717) is 0 Å². The summed E-state index contributed by atoms with van der Waals surface area (Å²) in [6.45, 7) is 3.37. The number of benzene rings is 1. The lowest BCUT2D eigenvalue weighted by Gasteiger charge is -2.03. The van der Waals surface area contributed by atoms with E-state index >= 15 is 0 Å². The second-order valence-electron chi connectivity index (χ2n) is 2.52. The van der Waals surface area contributed by atoms with Crippen LogP contribution in [0.3, 0.4) is 0 Å². The van der Waals surface area contributed by atoms with Crippen molar-refractivity contribution >= 4 is 15.5 Å². The minimum Gasteiger partial charge on any atom is -0.397 e. The number of nitrogens with two attached hydrogens (primary N) is 1. The number of rotatable bonds is 3. The average Bonchev–Trinajstić information content (AvgIpc) is 2.04. The largest absolute Gasteiger partial charge is 0.397 e. The highest BCUT2D eigenvalue weighted by atomic mass is 32.2. The van der Waals surface area contributed by atoms with Crippen molar-refractivity contribution in [1.29, 1.82) is 0 Å². The number of anilines is 1. The van der Waals surface area contributed by atoms with Gasteiger partial charge in [-0.1, -0.05) is 18.2 Å². The van der Waals surface area contributed by atoms with Crippen molar-refractivity contribution < 1.29 is 8.42 Å². The third-order valence-corrected chi connectivity index (χ3v) is 3.22. The quantitative estimate of drug-likeness (QED) is 0.580. The topological polar surface area (TPSA) is 60.2 Å². The molecule has 0 heterocycles. The Labute approximate surface area is 77.8 Å². The van der Waals surface area contributed by atoms with Crippen LogP contribution >= 0.6 is 0 Å². The lowest BCUT2D eigenvalue weighted by molar-refractivity contribution is 0.599. The second-order valence-corrected chi connectivity index (χ2v) is 4.52. The standard InChI is InChI=1S/C9H10NO2S/c1-2-7-13(11,12)9-6-4-3-5-8(9)10/h2-4,6H,1,7,10H2. The summed E-state index contributed by atoms with van der Waals surface area (Å²) >= 11 is 0. The number of para-hydroxylation sites is 1. The molecule has 0 aliphatic carbocycles. The van der Waals surface area contributed by atoms with Crippen LogP contribution in [0.4, 0.5) is 5.69 Å². The van der Waals surface area contributed by atoms with Gasteiger partial charge in [-0.25, -0.2) is 8.42 Å². The zero-order chi connectivity index (χ0) is 9.90. The predicted molar refractivity (Wildman–Crippen MR) is 51.9 cm³/mol. The van der Waals surface area contributed by atoms with Crippen molar-refractivity contribution in [3.63, 3.8) is 0 Å². The third-order valence-electron chi connectivity index (χ3n) is 1.52. The summed E-state index contributed by atoms with van der Waals surface area (Å²) in [7, 11) is -3.32. The SMILES string of the molecule is C=CCS(=O)(=O)c1ccc[c]c1N. The second kappa shape index (κ2) is 3.62. The van der Waals surface area contributed by atoms with Crippen molar-refractivity contribution in [1.82, 2.24) is 0 Å². The molecule has 1 radical (unpaired) electrons. The molecule has 0 unspecified atom stereocenters. The van der Waals surface area contributed by atoms with E-state index in [1.54, 1.807) is 12.1 Å². The molecule has 0 atom stereocenters. The summed E-state index contributed by atoms with van der Waals surface area (Å²) in [6.07, 6.45) is 1.34. The Morgan fingerprint density at radius 1 is 1.62 bits per heavy atom. The molecule has 0 spiro atoms. The third kappa shape index (κ3) is 2.09. The molecule has 0 aliphatic rings. The Hall–Kier alpha value is -1.29. The molecule has 1 rings (SSSR count). The Balaban J connectivity index is 3.22. The molecule has 0 saturated carbocycles. The van der Waals surface area contributed by atoms with E-state index in [4.69, 9.17) is 5.73 Å². The molecule has 69 valence electrons. The van der Waals surface area contributed by atoms with Gasteiger partial charge in [0.25, 0.3) is 0 Å². The van der Waals surface area contributed by atoms with Crippen LogP contribution < -0.4 is 5.73 Å². The average molecular weight is 196 g/mol. The first-order chi connectivity index (χ1) is 6.08. The maximum Gasteiger partial charge on any atom is 0.183 e. The van der Waals surface area contributed by atoms with Gasteiger partial charge in [-0.3, -0.25) is 0 Å². The molecule has 0 saturated heterocycles. The Morgan fingerprint density at radius 2 is 2.31 bits per heavy atom. The number of hydrogen-bond donors (Lipinski definition) is 1. The first kappa shape index (κ1) is 9.80. The van der Waals surface area contributed by atoms with Crippen molar-refractivity contribution in [3.8, 4) is 0 Å². The molecule has 0 amide bonds. The number of hydrogen-bond acceptors (Lipinski definition) is 3. The zero-order valence-corrected chi connectivity index (χ0v) is 7.84. The highest BCUT2D eigenvalue weighted by molar-refractivity contribution is 7.91. The smallest absolute Gasteiger partial charge is 0.183 e. The Bertz CT molecular complexity index is 409. The van der Waals surface area contributed by atoms with E-state index in [0.717, 1.165) is 0 Å². The molecule has 1 aromatic rings. The lowest BCUT2D eigenvalue weighted by Crippen LogP contribution is -2.07. The van der Waals surface area contributed by atoms with E-state index in [2.05, 4.69) is 12.6 Å². The minimum absolute atomic E-state index is 0.102. The fraction of sp³-hybridized carbons (Fsp3) is 0.111. The van der Waals surface area contributed by atoms with Gasteiger partial charge in [-0.2, -0.15) is 0 Å². The van der Waals surface area contributed by atoms with Gasteiger partial charge < -0.3 is 5.73 Å². The molecule has 13 heavy (non-hydrogen) atoms. The van der Waals surface area contributed by atoms with E-state index in [1.807, 2.05) is 0 Å². The summed E-state index contributed by atoms with van der Waals surface area (Å²) < 4.78 is 23.0. The maximum absolute atomic E-state index is 11.5. The summed E-state index contributed by atoms with van der Waals surface area (Å²) in [5, 5.41) is 0. The Kier molecular flexibility index (Phi) is 2.72. The minimum atomic E-state index is -3.32. The van der Waals surface area contributed by atoms with Gasteiger partial charge in [-0.05, 0) is 6.07 Å². The lowest BCUT2D eigenvalue weighted by atomic mass is 10.3. The van der Waals surface area contributed by atoms with Crippen LogP contribution in [-0.4, -0.2) is 14.2 Å². The van der Waals surface area contributed by atoms with Crippen molar-refractivity contribution in [2.24, 2.45) is 0 Å². The monoisotopic (exact) mass is 196 g/mol. The van der Waals surface area contributed by atoms with Crippen LogP contribution in [0.5, 0.6) is 0 Å². The van der Waals surface area contributed by atoms with Crippen LogP contribution in [0.1, 0.15) is 0 Å². The summed E-state index contributed by atoms with van der Waals surface area (Å²) in [6, 6.07) is 7.25. The highest BCUT2D eigenvalue weighted by Gasteiger charge is 2.14. The van der Waals surface area contributed by atoms with Crippen molar-refractivity contribution in [2.75, 3.05) is 11.5 Å². The first-order valence-corrected chi connectivity index (χ1v) is 5.33. The molecular formula is C9H10NO2S. The van der Waals surface area contributed by atoms with Gasteiger partial charge in [-0.15, -0.1) is 6.58 Å². The van der Waals surface area contributed by atoms with Crippen LogP contribution in [-0.2, 0) is 9.84 Å². The van der Waals surface area contributed by atoms with Gasteiger partial charge in [0.2, 0.25) is 0 Å². The normalized spacial score (nSPS) is 11.1. The summed E-state index contributed by atoms with van der Waals surface area (Å²) in [4.78, 5) is 0.120. The maximum atomic E-state index is 11.5. The molecule has 0 aliphatic heterocycles. The first-order valence-electron chi connectivity index (χ1n) is 3.68. The van der Waals surface area contributed by atoms with Gasteiger partial charge in [0, 0.05) is 6.07 Å². The van der Waals surface area contributed by atoms with Gasteiger partial charge in [0.15, 0.2) is 9.84 Å². The zero-order valence-electron chi connectivity index (χ0n) is 7.03. The number of nitrogen functional groups attached to an aromatic ring is 1. The predicted octanol–water partition coefficient (Wildman–Crippen LogP) is 1.03.